The van der Waals surface area contributed by atoms with Gasteiger partial charge in [0.2, 0.25) is 0 Å². The number of nitrogens with zero attached hydrogens (tertiary/aromatic N) is 1. The lowest BCUT2D eigenvalue weighted by Crippen LogP contribution is -2.41. The van der Waals surface area contributed by atoms with Crippen molar-refractivity contribution >= 4 is 21.4 Å². The lowest BCUT2D eigenvalue weighted by Gasteiger charge is -2.31. The number of sulfonamides is 1. The summed E-state index contributed by atoms with van der Waals surface area (Å²) in [6.07, 6.45) is 3.06. The molecule has 0 spiro atoms. The average Bonchev–Trinajstić information content (AvgIpc) is 2.79. The van der Waals surface area contributed by atoms with Crippen LogP contribution in [-0.2, 0) is 16.6 Å². The maximum atomic E-state index is 12.5. The predicted molar refractivity (Wildman–Crippen MR) is 74.3 cm³/mol. The van der Waals surface area contributed by atoms with Crippen molar-refractivity contribution in [2.24, 2.45) is 0 Å². The van der Waals surface area contributed by atoms with Crippen molar-refractivity contribution in [1.29, 1.82) is 0 Å². The van der Waals surface area contributed by atoms with E-state index in [1.54, 1.807) is 10.4 Å². The van der Waals surface area contributed by atoms with Gasteiger partial charge in [-0.25, -0.2) is 8.42 Å². The molecule has 0 aliphatic carbocycles. The first-order chi connectivity index (χ1) is 8.55. The van der Waals surface area contributed by atoms with Crippen LogP contribution in [0.2, 0.25) is 0 Å². The molecule has 0 amide bonds. The fraction of sp³-hybridized carbons (Fsp3) is 0.667. The molecule has 2 rings (SSSR count). The highest BCUT2D eigenvalue weighted by Crippen LogP contribution is 2.29. The van der Waals surface area contributed by atoms with E-state index in [0.717, 1.165) is 30.7 Å². The Kier molecular flexibility index (Phi) is 4.42. The van der Waals surface area contributed by atoms with Crippen LogP contribution in [0.4, 0.5) is 0 Å². The minimum absolute atomic E-state index is 0.124. The van der Waals surface area contributed by atoms with Gasteiger partial charge in [0.25, 0.3) is 10.0 Å². The molecule has 0 bridgehead atoms. The third-order valence-corrected chi connectivity index (χ3v) is 6.86. The minimum atomic E-state index is -3.28. The van der Waals surface area contributed by atoms with E-state index >= 15 is 0 Å². The normalized spacial score (nSPS) is 22.2. The Bertz CT molecular complexity index is 496. The van der Waals surface area contributed by atoms with Crippen molar-refractivity contribution < 1.29 is 8.42 Å². The van der Waals surface area contributed by atoms with Crippen LogP contribution in [0.3, 0.4) is 0 Å². The zero-order valence-electron chi connectivity index (χ0n) is 10.8. The van der Waals surface area contributed by atoms with Gasteiger partial charge < -0.3 is 5.32 Å². The van der Waals surface area contributed by atoms with Gasteiger partial charge in [-0.3, -0.25) is 0 Å². The summed E-state index contributed by atoms with van der Waals surface area (Å²) >= 11 is 1.37. The molecular weight excluding hydrogens is 268 g/mol. The maximum absolute atomic E-state index is 12.5. The van der Waals surface area contributed by atoms with Gasteiger partial charge in [-0.05, 0) is 38.9 Å². The minimum Gasteiger partial charge on any atom is -0.315 e. The molecule has 1 aromatic rings. The number of hydrogen-bond acceptors (Lipinski definition) is 4. The molecule has 1 saturated heterocycles. The largest absolute Gasteiger partial charge is 0.315 e. The quantitative estimate of drug-likeness (QED) is 0.922. The van der Waals surface area contributed by atoms with E-state index in [0.29, 0.717) is 10.8 Å². The molecule has 1 unspecified atom stereocenters. The number of rotatable bonds is 4. The molecule has 1 aliphatic heterocycles. The van der Waals surface area contributed by atoms with Gasteiger partial charge in [-0.1, -0.05) is 6.42 Å². The van der Waals surface area contributed by atoms with E-state index in [-0.39, 0.29) is 6.04 Å². The van der Waals surface area contributed by atoms with Crippen LogP contribution in [0.1, 0.15) is 31.1 Å². The molecule has 2 heterocycles. The molecule has 18 heavy (non-hydrogen) atoms. The van der Waals surface area contributed by atoms with Crippen molar-refractivity contribution in [3.63, 3.8) is 0 Å². The Morgan fingerprint density at radius 2 is 2.22 bits per heavy atom. The van der Waals surface area contributed by atoms with E-state index in [1.807, 2.05) is 20.0 Å². The summed E-state index contributed by atoms with van der Waals surface area (Å²) in [5, 5.41) is 3.04. The molecule has 1 fully saturated rings. The molecule has 1 aliphatic rings. The standard InChI is InChI=1S/C12H20N2O2S2/c1-10-5-3-4-8-14(10)18(15,16)12-7-6-11(17-12)9-13-2/h6-7,10,13H,3-5,8-9H2,1-2H3. The molecule has 0 saturated carbocycles. The molecule has 1 N–H and O–H groups in total. The molecule has 6 heteroatoms. The highest BCUT2D eigenvalue weighted by molar-refractivity contribution is 7.91. The van der Waals surface area contributed by atoms with E-state index < -0.39 is 10.0 Å². The van der Waals surface area contributed by atoms with Gasteiger partial charge in [-0.2, -0.15) is 4.31 Å². The number of hydrogen-bond donors (Lipinski definition) is 1. The molecule has 1 aromatic heterocycles. The third kappa shape index (κ3) is 2.77. The summed E-state index contributed by atoms with van der Waals surface area (Å²) in [5.41, 5.74) is 0. The van der Waals surface area contributed by atoms with Crippen molar-refractivity contribution in [2.75, 3.05) is 13.6 Å². The van der Waals surface area contributed by atoms with Crippen molar-refractivity contribution in [3.05, 3.63) is 17.0 Å². The van der Waals surface area contributed by atoms with Gasteiger partial charge in [-0.15, -0.1) is 11.3 Å². The van der Waals surface area contributed by atoms with Gasteiger partial charge in [0.15, 0.2) is 0 Å². The first kappa shape index (κ1) is 14.0. The molecule has 0 aromatic carbocycles. The van der Waals surface area contributed by atoms with Gasteiger partial charge in [0, 0.05) is 24.0 Å². The average molecular weight is 288 g/mol. The Morgan fingerprint density at radius 3 is 2.89 bits per heavy atom. The van der Waals surface area contributed by atoms with Gasteiger partial charge in [0.1, 0.15) is 4.21 Å². The second kappa shape index (κ2) is 5.69. The summed E-state index contributed by atoms with van der Waals surface area (Å²) < 4.78 is 27.2. The second-order valence-corrected chi connectivity index (χ2v) is 8.00. The van der Waals surface area contributed by atoms with Gasteiger partial charge in [0.05, 0.1) is 0 Å². The lowest BCUT2D eigenvalue weighted by molar-refractivity contribution is 0.269. The van der Waals surface area contributed by atoms with E-state index in [1.165, 1.54) is 11.3 Å². The van der Waals surface area contributed by atoms with Crippen LogP contribution in [0, 0.1) is 0 Å². The zero-order chi connectivity index (χ0) is 13.2. The van der Waals surface area contributed by atoms with Gasteiger partial charge >= 0.3 is 0 Å². The van der Waals surface area contributed by atoms with Crippen molar-refractivity contribution in [1.82, 2.24) is 9.62 Å². The van der Waals surface area contributed by atoms with E-state index in [4.69, 9.17) is 0 Å². The van der Waals surface area contributed by atoms with Crippen LogP contribution >= 0.6 is 11.3 Å². The Balaban J connectivity index is 2.23. The second-order valence-electron chi connectivity index (χ2n) is 4.71. The Hall–Kier alpha value is -0.430. The number of nitrogens with one attached hydrogen (secondary N) is 1. The number of thiophene rings is 1. The number of piperidine rings is 1. The first-order valence-electron chi connectivity index (χ1n) is 6.31. The molecule has 0 radical (unpaired) electrons. The van der Waals surface area contributed by atoms with Crippen molar-refractivity contribution in [2.45, 2.75) is 43.0 Å². The van der Waals surface area contributed by atoms with Crippen LogP contribution in [0.15, 0.2) is 16.3 Å². The highest BCUT2D eigenvalue weighted by Gasteiger charge is 2.31. The fourth-order valence-electron chi connectivity index (χ4n) is 2.31. The maximum Gasteiger partial charge on any atom is 0.252 e. The summed E-state index contributed by atoms with van der Waals surface area (Å²) in [7, 11) is -1.42. The Labute approximate surface area is 113 Å². The Morgan fingerprint density at radius 1 is 1.44 bits per heavy atom. The first-order valence-corrected chi connectivity index (χ1v) is 8.56. The molecule has 1 atom stereocenters. The summed E-state index contributed by atoms with van der Waals surface area (Å²) in [5.74, 6) is 0. The van der Waals surface area contributed by atoms with Crippen molar-refractivity contribution in [3.8, 4) is 0 Å². The SMILES string of the molecule is CNCc1ccc(S(=O)(=O)N2CCCCC2C)s1. The van der Waals surface area contributed by atoms with Crippen LogP contribution in [0.25, 0.3) is 0 Å². The summed E-state index contributed by atoms with van der Waals surface area (Å²) in [6.45, 7) is 3.37. The predicted octanol–water partition coefficient (Wildman–Crippen LogP) is 2.03. The zero-order valence-corrected chi connectivity index (χ0v) is 12.5. The third-order valence-electron chi connectivity index (χ3n) is 3.29. The highest BCUT2D eigenvalue weighted by atomic mass is 32.2. The van der Waals surface area contributed by atoms with E-state index in [9.17, 15) is 8.42 Å². The lowest BCUT2D eigenvalue weighted by atomic mass is 10.1. The van der Waals surface area contributed by atoms with E-state index in [2.05, 4.69) is 5.32 Å². The summed E-state index contributed by atoms with van der Waals surface area (Å²) in [4.78, 5) is 1.06. The molecular formula is C12H20N2O2S2. The fourth-order valence-corrected chi connectivity index (χ4v) is 5.51. The molecule has 102 valence electrons. The monoisotopic (exact) mass is 288 g/mol. The summed E-state index contributed by atoms with van der Waals surface area (Å²) in [6, 6.07) is 3.75. The topological polar surface area (TPSA) is 49.4 Å². The van der Waals surface area contributed by atoms with Crippen LogP contribution < -0.4 is 5.32 Å². The van der Waals surface area contributed by atoms with Crippen LogP contribution in [-0.4, -0.2) is 32.4 Å². The van der Waals surface area contributed by atoms with Crippen LogP contribution in [0.5, 0.6) is 0 Å². The smallest absolute Gasteiger partial charge is 0.252 e. The molecule has 4 nitrogen and oxygen atoms in total.